The molecule has 176 valence electrons. The van der Waals surface area contributed by atoms with Gasteiger partial charge >= 0.3 is 0 Å². The second kappa shape index (κ2) is 10.1. The Bertz CT molecular complexity index is 1100. The van der Waals surface area contributed by atoms with Gasteiger partial charge in [-0.05, 0) is 37.1 Å². The molecule has 1 amide bonds. The number of aromatic nitrogens is 2. The predicted molar refractivity (Wildman–Crippen MR) is 134 cm³/mol. The second-order valence-corrected chi connectivity index (χ2v) is 8.91. The van der Waals surface area contributed by atoms with E-state index in [2.05, 4.69) is 26.1 Å². The lowest BCUT2D eigenvalue weighted by Gasteiger charge is -2.40. The smallest absolute Gasteiger partial charge is 0.227 e. The molecule has 1 atom stereocenters. The summed E-state index contributed by atoms with van der Waals surface area (Å²) in [6.45, 7) is 4.71. The number of methoxy groups -OCH3 is 1. The minimum Gasteiger partial charge on any atom is -0.495 e. The van der Waals surface area contributed by atoms with Gasteiger partial charge in [0.25, 0.3) is 0 Å². The SMILES string of the molecule is COc1ccccc1N1CCN(C(=O)C2CCCN(c3ccc(-c4ccccc4)nn3)C2)CC1. The number of amides is 1. The quantitative estimate of drug-likeness (QED) is 0.582. The maximum Gasteiger partial charge on any atom is 0.227 e. The van der Waals surface area contributed by atoms with Crippen molar-refractivity contribution < 1.29 is 9.53 Å². The maximum atomic E-state index is 13.4. The highest BCUT2D eigenvalue weighted by Gasteiger charge is 2.32. The van der Waals surface area contributed by atoms with Crippen molar-refractivity contribution in [2.24, 2.45) is 5.92 Å². The van der Waals surface area contributed by atoms with E-state index >= 15 is 0 Å². The number of carbonyl (C=O) groups is 1. The van der Waals surface area contributed by atoms with Gasteiger partial charge in [0.15, 0.2) is 5.82 Å². The zero-order chi connectivity index (χ0) is 23.3. The van der Waals surface area contributed by atoms with E-state index in [1.165, 1.54) is 0 Å². The van der Waals surface area contributed by atoms with Gasteiger partial charge in [0, 0.05) is 44.8 Å². The zero-order valence-corrected chi connectivity index (χ0v) is 19.6. The Morgan fingerprint density at radius 2 is 1.62 bits per heavy atom. The number of benzene rings is 2. The lowest BCUT2D eigenvalue weighted by Crippen LogP contribution is -2.52. The minimum atomic E-state index is 0.00200. The number of rotatable bonds is 5. The van der Waals surface area contributed by atoms with Crippen molar-refractivity contribution in [2.45, 2.75) is 12.8 Å². The molecule has 2 aliphatic heterocycles. The van der Waals surface area contributed by atoms with Crippen molar-refractivity contribution in [1.29, 1.82) is 0 Å². The molecule has 3 aromatic rings. The van der Waals surface area contributed by atoms with Gasteiger partial charge in [-0.15, -0.1) is 10.2 Å². The van der Waals surface area contributed by atoms with Crippen LogP contribution in [0, 0.1) is 5.92 Å². The predicted octanol–water partition coefficient (Wildman–Crippen LogP) is 3.72. The molecule has 34 heavy (non-hydrogen) atoms. The molecule has 2 fully saturated rings. The Morgan fingerprint density at radius 1 is 0.853 bits per heavy atom. The molecule has 3 heterocycles. The van der Waals surface area contributed by atoms with E-state index in [4.69, 9.17) is 4.74 Å². The maximum absolute atomic E-state index is 13.4. The summed E-state index contributed by atoms with van der Waals surface area (Å²) < 4.78 is 5.52. The summed E-state index contributed by atoms with van der Waals surface area (Å²) in [4.78, 5) is 19.9. The van der Waals surface area contributed by atoms with E-state index in [1.807, 2.05) is 65.6 Å². The molecule has 7 heteroatoms. The van der Waals surface area contributed by atoms with Crippen LogP contribution in [0.15, 0.2) is 66.7 Å². The van der Waals surface area contributed by atoms with Crippen LogP contribution in [0.3, 0.4) is 0 Å². The molecule has 2 saturated heterocycles. The van der Waals surface area contributed by atoms with Gasteiger partial charge in [0.05, 0.1) is 24.4 Å². The lowest BCUT2D eigenvalue weighted by molar-refractivity contribution is -0.136. The zero-order valence-electron chi connectivity index (χ0n) is 19.6. The molecule has 0 aliphatic carbocycles. The van der Waals surface area contributed by atoms with Gasteiger partial charge < -0.3 is 19.4 Å². The third-order valence-electron chi connectivity index (χ3n) is 6.83. The van der Waals surface area contributed by atoms with Crippen molar-refractivity contribution >= 4 is 17.4 Å². The Morgan fingerprint density at radius 3 is 2.35 bits per heavy atom. The number of anilines is 2. The van der Waals surface area contributed by atoms with Gasteiger partial charge in [-0.2, -0.15) is 0 Å². The van der Waals surface area contributed by atoms with Crippen molar-refractivity contribution in [3.05, 3.63) is 66.7 Å². The lowest BCUT2D eigenvalue weighted by atomic mass is 9.96. The van der Waals surface area contributed by atoms with E-state index in [1.54, 1.807) is 7.11 Å². The van der Waals surface area contributed by atoms with E-state index in [0.29, 0.717) is 6.54 Å². The van der Waals surface area contributed by atoms with Crippen LogP contribution >= 0.6 is 0 Å². The Kier molecular flexibility index (Phi) is 6.60. The fraction of sp³-hybridized carbons (Fsp3) is 0.370. The second-order valence-electron chi connectivity index (χ2n) is 8.91. The molecule has 2 aromatic carbocycles. The van der Waals surface area contributed by atoms with Crippen LogP contribution in [-0.2, 0) is 4.79 Å². The molecule has 1 unspecified atom stereocenters. The molecule has 7 nitrogen and oxygen atoms in total. The average molecular weight is 458 g/mol. The van der Waals surface area contributed by atoms with Crippen LogP contribution < -0.4 is 14.5 Å². The van der Waals surface area contributed by atoms with Crippen LogP contribution in [0.25, 0.3) is 11.3 Å². The van der Waals surface area contributed by atoms with Gasteiger partial charge in [-0.3, -0.25) is 4.79 Å². The monoisotopic (exact) mass is 457 g/mol. The van der Waals surface area contributed by atoms with Crippen LogP contribution in [0.4, 0.5) is 11.5 Å². The number of carbonyl (C=O) groups excluding carboxylic acids is 1. The molecule has 0 radical (unpaired) electrons. The first-order valence-corrected chi connectivity index (χ1v) is 12.0. The summed E-state index contributed by atoms with van der Waals surface area (Å²) in [5, 5.41) is 8.91. The van der Waals surface area contributed by atoms with Crippen LogP contribution in [0.1, 0.15) is 12.8 Å². The van der Waals surface area contributed by atoms with E-state index in [0.717, 1.165) is 74.1 Å². The summed E-state index contributed by atoms with van der Waals surface area (Å²) in [5.41, 5.74) is 3.01. The molecule has 1 aromatic heterocycles. The number of hydrogen-bond donors (Lipinski definition) is 0. The highest BCUT2D eigenvalue weighted by Crippen LogP contribution is 2.29. The first-order chi connectivity index (χ1) is 16.7. The largest absolute Gasteiger partial charge is 0.495 e. The summed E-state index contributed by atoms with van der Waals surface area (Å²) in [6.07, 6.45) is 1.91. The summed E-state index contributed by atoms with van der Waals surface area (Å²) >= 11 is 0. The normalized spacial score (nSPS) is 18.6. The first-order valence-electron chi connectivity index (χ1n) is 12.0. The van der Waals surface area contributed by atoms with Crippen molar-refractivity contribution in [3.63, 3.8) is 0 Å². The Balaban J connectivity index is 1.19. The van der Waals surface area contributed by atoms with E-state index < -0.39 is 0 Å². The summed E-state index contributed by atoms with van der Waals surface area (Å²) in [6, 6.07) is 22.2. The van der Waals surface area contributed by atoms with E-state index in [-0.39, 0.29) is 11.8 Å². The number of para-hydroxylation sites is 2. The van der Waals surface area contributed by atoms with Gasteiger partial charge in [-0.25, -0.2) is 0 Å². The van der Waals surface area contributed by atoms with Crippen molar-refractivity contribution in [1.82, 2.24) is 15.1 Å². The highest BCUT2D eigenvalue weighted by atomic mass is 16.5. The van der Waals surface area contributed by atoms with Gasteiger partial charge in [0.1, 0.15) is 5.75 Å². The average Bonchev–Trinajstić information content (AvgIpc) is 2.93. The fourth-order valence-electron chi connectivity index (χ4n) is 4.96. The molecule has 0 bridgehead atoms. The van der Waals surface area contributed by atoms with Gasteiger partial charge in [-0.1, -0.05) is 42.5 Å². The van der Waals surface area contributed by atoms with Crippen LogP contribution in [0.5, 0.6) is 5.75 Å². The summed E-state index contributed by atoms with van der Waals surface area (Å²) in [7, 11) is 1.70. The summed E-state index contributed by atoms with van der Waals surface area (Å²) in [5.74, 6) is 1.99. The van der Waals surface area contributed by atoms with E-state index in [9.17, 15) is 4.79 Å². The fourth-order valence-corrected chi connectivity index (χ4v) is 4.96. The highest BCUT2D eigenvalue weighted by molar-refractivity contribution is 5.80. The van der Waals surface area contributed by atoms with Crippen LogP contribution in [0.2, 0.25) is 0 Å². The molecule has 5 rings (SSSR count). The number of ether oxygens (including phenoxy) is 1. The Labute approximate surface area is 201 Å². The topological polar surface area (TPSA) is 61.8 Å². The van der Waals surface area contributed by atoms with Gasteiger partial charge in [0.2, 0.25) is 5.91 Å². The molecule has 0 spiro atoms. The number of hydrogen-bond acceptors (Lipinski definition) is 6. The van der Waals surface area contributed by atoms with Crippen molar-refractivity contribution in [2.75, 3.05) is 56.2 Å². The Hall–Kier alpha value is -3.61. The molecular formula is C27H31N5O2. The van der Waals surface area contributed by atoms with Crippen LogP contribution in [-0.4, -0.2) is 67.4 Å². The number of piperazine rings is 1. The molecule has 2 aliphatic rings. The van der Waals surface area contributed by atoms with Crippen molar-refractivity contribution in [3.8, 4) is 17.0 Å². The standard InChI is InChI=1S/C27H31N5O2/c1-34-25-12-6-5-11-24(25)30-16-18-31(19-17-30)27(33)22-10-7-15-32(20-22)26-14-13-23(28-29-26)21-8-3-2-4-9-21/h2-6,8-9,11-14,22H,7,10,15-20H2,1H3. The third kappa shape index (κ3) is 4.69. The minimum absolute atomic E-state index is 0.00200. The molecule has 0 N–H and O–H groups in total. The first kappa shape index (κ1) is 22.2. The molecule has 0 saturated carbocycles. The third-order valence-corrected chi connectivity index (χ3v) is 6.83. The number of nitrogens with zero attached hydrogens (tertiary/aromatic N) is 5. The molecular weight excluding hydrogens is 426 g/mol. The number of piperidine rings is 1.